The van der Waals surface area contributed by atoms with E-state index in [-0.39, 0.29) is 11.6 Å². The number of carbonyl (C=O) groups is 1. The molecule has 21 heavy (non-hydrogen) atoms. The van der Waals surface area contributed by atoms with Crippen LogP contribution in [0.3, 0.4) is 0 Å². The van der Waals surface area contributed by atoms with Crippen molar-refractivity contribution < 1.29 is 22.3 Å². The number of amides is 1. The Morgan fingerprint density at radius 2 is 2.14 bits per heavy atom. The molecule has 1 aromatic carbocycles. The van der Waals surface area contributed by atoms with E-state index in [1.807, 2.05) is 6.92 Å². The molecule has 0 aliphatic rings. The van der Waals surface area contributed by atoms with Crippen LogP contribution < -0.4 is 5.32 Å². The van der Waals surface area contributed by atoms with Crippen LogP contribution in [-0.2, 0) is 13.8 Å². The summed E-state index contributed by atoms with van der Waals surface area (Å²) in [5.74, 6) is -1.50. The van der Waals surface area contributed by atoms with Gasteiger partial charge in [-0.1, -0.05) is 13.3 Å². The van der Waals surface area contributed by atoms with Gasteiger partial charge >= 0.3 is 0 Å². The van der Waals surface area contributed by atoms with E-state index in [2.05, 4.69) is 5.32 Å². The van der Waals surface area contributed by atoms with Crippen LogP contribution in [0.25, 0.3) is 0 Å². The first kappa shape index (κ1) is 17.9. The second-order valence-electron chi connectivity index (χ2n) is 4.50. The molecule has 1 unspecified atom stereocenters. The Kier molecular flexibility index (Phi) is 6.57. The fourth-order valence-corrected chi connectivity index (χ4v) is 2.77. The first-order chi connectivity index (χ1) is 9.79. The monoisotopic (exact) mass is 337 g/mol. The van der Waals surface area contributed by atoms with Crippen LogP contribution in [0.2, 0.25) is 0 Å². The molecule has 0 bridgehead atoms. The predicted molar refractivity (Wildman–Crippen MR) is 77.5 cm³/mol. The lowest BCUT2D eigenvalue weighted by Gasteiger charge is -2.17. The van der Waals surface area contributed by atoms with Gasteiger partial charge in [-0.15, -0.1) is 0 Å². The summed E-state index contributed by atoms with van der Waals surface area (Å²) in [5.41, 5.74) is 0.0211. The van der Waals surface area contributed by atoms with Gasteiger partial charge in [-0.05, 0) is 24.6 Å². The van der Waals surface area contributed by atoms with Gasteiger partial charge in [0.25, 0.3) is 15.0 Å². The van der Waals surface area contributed by atoms with Crippen molar-refractivity contribution in [3.8, 4) is 0 Å². The minimum absolute atomic E-state index is 0.0211. The molecule has 0 radical (unpaired) electrons. The van der Waals surface area contributed by atoms with Crippen LogP contribution in [0, 0.1) is 5.82 Å². The van der Waals surface area contributed by atoms with E-state index in [1.165, 1.54) is 13.2 Å². The molecule has 0 heterocycles. The van der Waals surface area contributed by atoms with Crippen molar-refractivity contribution in [2.45, 2.75) is 30.7 Å². The van der Waals surface area contributed by atoms with Crippen LogP contribution in [0.1, 0.15) is 30.1 Å². The molecule has 118 valence electrons. The van der Waals surface area contributed by atoms with Gasteiger partial charge in [0.2, 0.25) is 0 Å². The highest BCUT2D eigenvalue weighted by atomic mass is 35.7. The molecule has 0 aromatic heterocycles. The number of nitrogens with one attached hydrogen (secondary N) is 1. The summed E-state index contributed by atoms with van der Waals surface area (Å²) in [5, 5.41) is 2.71. The highest BCUT2D eigenvalue weighted by molar-refractivity contribution is 8.13. The molecule has 1 amide bonds. The fourth-order valence-electron chi connectivity index (χ4n) is 1.85. The summed E-state index contributed by atoms with van der Waals surface area (Å²) in [6.45, 7) is 2.30. The third-order valence-electron chi connectivity index (χ3n) is 2.80. The van der Waals surface area contributed by atoms with Crippen molar-refractivity contribution in [1.29, 1.82) is 0 Å². The van der Waals surface area contributed by atoms with Crippen LogP contribution in [0.5, 0.6) is 0 Å². The SMILES string of the molecule is CCCC(COC)NC(=O)c1ccc(F)c(S(=O)(=O)Cl)c1. The first-order valence-corrected chi connectivity index (χ1v) is 8.64. The summed E-state index contributed by atoms with van der Waals surface area (Å²) in [6, 6.07) is 2.82. The van der Waals surface area contributed by atoms with Gasteiger partial charge in [0.1, 0.15) is 10.7 Å². The van der Waals surface area contributed by atoms with E-state index in [0.717, 1.165) is 18.6 Å². The normalized spacial score (nSPS) is 13.0. The Balaban J connectivity index is 2.97. The summed E-state index contributed by atoms with van der Waals surface area (Å²) >= 11 is 0. The van der Waals surface area contributed by atoms with Gasteiger partial charge in [-0.2, -0.15) is 0 Å². The molecular formula is C13H17ClFNO4S. The second kappa shape index (κ2) is 7.72. The lowest BCUT2D eigenvalue weighted by molar-refractivity contribution is 0.0891. The molecular weight excluding hydrogens is 321 g/mol. The summed E-state index contributed by atoms with van der Waals surface area (Å²) in [4.78, 5) is 11.4. The quantitative estimate of drug-likeness (QED) is 0.775. The number of rotatable bonds is 7. The highest BCUT2D eigenvalue weighted by Crippen LogP contribution is 2.20. The number of methoxy groups -OCH3 is 1. The Bertz CT molecular complexity index is 600. The van der Waals surface area contributed by atoms with Crippen molar-refractivity contribution in [2.24, 2.45) is 0 Å². The molecule has 0 aliphatic carbocycles. The van der Waals surface area contributed by atoms with E-state index in [9.17, 15) is 17.6 Å². The molecule has 5 nitrogen and oxygen atoms in total. The van der Waals surface area contributed by atoms with Crippen molar-refractivity contribution in [3.05, 3.63) is 29.6 Å². The van der Waals surface area contributed by atoms with E-state index in [1.54, 1.807) is 0 Å². The molecule has 0 spiro atoms. The zero-order chi connectivity index (χ0) is 16.0. The Morgan fingerprint density at radius 3 is 2.67 bits per heavy atom. The summed E-state index contributed by atoms with van der Waals surface area (Å²) < 4.78 is 40.9. The maximum atomic E-state index is 13.4. The molecule has 1 rings (SSSR count). The Labute approximate surface area is 127 Å². The van der Waals surface area contributed by atoms with E-state index >= 15 is 0 Å². The maximum absolute atomic E-state index is 13.4. The molecule has 0 saturated carbocycles. The highest BCUT2D eigenvalue weighted by Gasteiger charge is 2.20. The first-order valence-electron chi connectivity index (χ1n) is 6.33. The zero-order valence-electron chi connectivity index (χ0n) is 11.7. The van der Waals surface area contributed by atoms with Crippen molar-refractivity contribution in [1.82, 2.24) is 5.32 Å². The van der Waals surface area contributed by atoms with Crippen molar-refractivity contribution in [2.75, 3.05) is 13.7 Å². The van der Waals surface area contributed by atoms with Gasteiger partial charge < -0.3 is 10.1 Å². The third-order valence-corrected chi connectivity index (χ3v) is 4.13. The fraction of sp³-hybridized carbons (Fsp3) is 0.462. The smallest absolute Gasteiger partial charge is 0.264 e. The number of halogens is 2. The Hall–Kier alpha value is -1.18. The van der Waals surface area contributed by atoms with Crippen LogP contribution in [0.4, 0.5) is 4.39 Å². The van der Waals surface area contributed by atoms with Crippen LogP contribution >= 0.6 is 10.7 Å². The third kappa shape index (κ3) is 5.26. The molecule has 1 N–H and O–H groups in total. The summed E-state index contributed by atoms with van der Waals surface area (Å²) in [6.07, 6.45) is 1.56. The predicted octanol–water partition coefficient (Wildman–Crippen LogP) is 2.30. The molecule has 0 saturated heterocycles. The minimum atomic E-state index is -4.25. The van der Waals surface area contributed by atoms with E-state index < -0.39 is 25.7 Å². The molecule has 1 aromatic rings. The summed E-state index contributed by atoms with van der Waals surface area (Å²) in [7, 11) is 2.40. The van der Waals surface area contributed by atoms with Gasteiger partial charge in [-0.25, -0.2) is 12.8 Å². The lowest BCUT2D eigenvalue weighted by Crippen LogP contribution is -2.38. The molecule has 1 atom stereocenters. The standard InChI is InChI=1S/C13H17ClFNO4S/c1-3-4-10(8-20-2)16-13(17)9-5-6-11(15)12(7-9)21(14,18)19/h5-7,10H,3-4,8H2,1-2H3,(H,16,17). The average molecular weight is 338 g/mol. The van der Waals surface area contributed by atoms with Gasteiger partial charge in [0.05, 0.1) is 12.6 Å². The largest absolute Gasteiger partial charge is 0.383 e. The topological polar surface area (TPSA) is 72.5 Å². The number of hydrogen-bond acceptors (Lipinski definition) is 4. The molecule has 0 fully saturated rings. The van der Waals surface area contributed by atoms with Crippen molar-refractivity contribution in [3.63, 3.8) is 0 Å². The van der Waals surface area contributed by atoms with Crippen LogP contribution in [0.15, 0.2) is 23.1 Å². The van der Waals surface area contributed by atoms with E-state index in [4.69, 9.17) is 15.4 Å². The zero-order valence-corrected chi connectivity index (χ0v) is 13.3. The second-order valence-corrected chi connectivity index (χ2v) is 7.03. The molecule has 0 aliphatic heterocycles. The molecule has 8 heteroatoms. The lowest BCUT2D eigenvalue weighted by atomic mass is 10.1. The van der Waals surface area contributed by atoms with Gasteiger partial charge in [-0.3, -0.25) is 4.79 Å². The van der Waals surface area contributed by atoms with Gasteiger partial charge in [0, 0.05) is 23.4 Å². The van der Waals surface area contributed by atoms with E-state index in [0.29, 0.717) is 13.0 Å². The maximum Gasteiger partial charge on any atom is 0.264 e. The van der Waals surface area contributed by atoms with Crippen molar-refractivity contribution >= 4 is 25.6 Å². The van der Waals surface area contributed by atoms with Gasteiger partial charge in [0.15, 0.2) is 0 Å². The number of carbonyl (C=O) groups excluding carboxylic acids is 1. The number of benzene rings is 1. The average Bonchev–Trinajstić information content (AvgIpc) is 2.38. The Morgan fingerprint density at radius 1 is 1.48 bits per heavy atom. The van der Waals surface area contributed by atoms with Crippen LogP contribution in [-0.4, -0.2) is 34.1 Å². The number of hydrogen-bond donors (Lipinski definition) is 1. The minimum Gasteiger partial charge on any atom is -0.383 e. The number of ether oxygens (including phenoxy) is 1.